The highest BCUT2D eigenvalue weighted by Crippen LogP contribution is 2.35. The molecule has 0 bridgehead atoms. The summed E-state index contributed by atoms with van der Waals surface area (Å²) in [5.74, 6) is 0.728. The van der Waals surface area contributed by atoms with E-state index in [0.29, 0.717) is 31.0 Å². The van der Waals surface area contributed by atoms with Crippen molar-refractivity contribution in [2.45, 2.75) is 26.0 Å². The summed E-state index contributed by atoms with van der Waals surface area (Å²) in [6.07, 6.45) is 0. The van der Waals surface area contributed by atoms with Crippen LogP contribution < -0.4 is 9.64 Å². The van der Waals surface area contributed by atoms with E-state index in [4.69, 9.17) is 4.74 Å². The number of anilines is 1. The molecule has 3 rings (SSSR count). The lowest BCUT2D eigenvalue weighted by Crippen LogP contribution is -2.60. The third kappa shape index (κ3) is 3.51. The molecular formula is C20H25N3O3. The van der Waals surface area contributed by atoms with Crippen LogP contribution in [0, 0.1) is 0 Å². The third-order valence-electron chi connectivity index (χ3n) is 4.75. The maximum absolute atomic E-state index is 12.9. The smallest absolute Gasteiger partial charge is 0.272 e. The number of pyridine rings is 1. The van der Waals surface area contributed by atoms with Gasteiger partial charge in [0.25, 0.3) is 5.91 Å². The Labute approximate surface area is 154 Å². The predicted molar refractivity (Wildman–Crippen MR) is 100 cm³/mol. The van der Waals surface area contributed by atoms with Gasteiger partial charge in [0.05, 0.1) is 30.6 Å². The number of nitrogens with zero attached hydrogens (tertiary/aromatic N) is 3. The zero-order valence-electron chi connectivity index (χ0n) is 15.5. The Hall–Kier alpha value is -2.60. The van der Waals surface area contributed by atoms with Crippen molar-refractivity contribution in [2.75, 3.05) is 31.6 Å². The van der Waals surface area contributed by atoms with E-state index in [1.165, 1.54) is 0 Å². The van der Waals surface area contributed by atoms with Crippen molar-refractivity contribution in [3.05, 3.63) is 53.9 Å². The highest BCUT2D eigenvalue weighted by Gasteiger charge is 2.37. The lowest BCUT2D eigenvalue weighted by Gasteiger charge is -2.48. The maximum atomic E-state index is 12.9. The summed E-state index contributed by atoms with van der Waals surface area (Å²) in [5, 5.41) is 9.24. The van der Waals surface area contributed by atoms with Crippen molar-refractivity contribution in [1.29, 1.82) is 0 Å². The normalized spacial score (nSPS) is 16.5. The first-order valence-electron chi connectivity index (χ1n) is 8.73. The van der Waals surface area contributed by atoms with E-state index in [9.17, 15) is 9.90 Å². The van der Waals surface area contributed by atoms with Gasteiger partial charge in [-0.25, -0.2) is 4.98 Å². The largest absolute Gasteiger partial charge is 0.495 e. The Morgan fingerprint density at radius 1 is 1.19 bits per heavy atom. The van der Waals surface area contributed by atoms with Gasteiger partial charge in [-0.2, -0.15) is 0 Å². The van der Waals surface area contributed by atoms with Gasteiger partial charge in [-0.1, -0.05) is 18.2 Å². The fourth-order valence-corrected chi connectivity index (χ4v) is 3.48. The number of methoxy groups -OCH3 is 1. The van der Waals surface area contributed by atoms with Crippen LogP contribution in [0.15, 0.2) is 42.5 Å². The molecule has 138 valence electrons. The van der Waals surface area contributed by atoms with Gasteiger partial charge in [0.2, 0.25) is 0 Å². The van der Waals surface area contributed by atoms with Gasteiger partial charge in [0, 0.05) is 19.6 Å². The number of hydrogen-bond acceptors (Lipinski definition) is 5. The SMILES string of the molecule is COc1ccccc1N1CCN(C(=O)c2cccc(CO)n2)CC1(C)C. The first-order chi connectivity index (χ1) is 12.5. The number of benzene rings is 1. The van der Waals surface area contributed by atoms with Crippen molar-refractivity contribution in [1.82, 2.24) is 9.88 Å². The van der Waals surface area contributed by atoms with E-state index < -0.39 is 0 Å². The predicted octanol–water partition coefficient (Wildman–Crippen LogP) is 2.32. The van der Waals surface area contributed by atoms with E-state index >= 15 is 0 Å². The first-order valence-corrected chi connectivity index (χ1v) is 8.73. The van der Waals surface area contributed by atoms with Crippen molar-refractivity contribution >= 4 is 11.6 Å². The number of hydrogen-bond donors (Lipinski definition) is 1. The Bertz CT molecular complexity index is 791. The fraction of sp³-hybridized carbons (Fsp3) is 0.400. The summed E-state index contributed by atoms with van der Waals surface area (Å²) in [7, 11) is 1.67. The number of carbonyl (C=O) groups is 1. The van der Waals surface area contributed by atoms with E-state index in [-0.39, 0.29) is 18.1 Å². The molecule has 6 heteroatoms. The Morgan fingerprint density at radius 2 is 1.96 bits per heavy atom. The number of ether oxygens (including phenoxy) is 1. The van der Waals surface area contributed by atoms with E-state index in [0.717, 1.165) is 11.4 Å². The van der Waals surface area contributed by atoms with Gasteiger partial charge in [-0.3, -0.25) is 4.79 Å². The van der Waals surface area contributed by atoms with Gasteiger partial charge in [0.15, 0.2) is 0 Å². The second-order valence-corrected chi connectivity index (χ2v) is 7.03. The number of aliphatic hydroxyl groups excluding tert-OH is 1. The minimum absolute atomic E-state index is 0.104. The molecule has 0 unspecified atom stereocenters. The van der Waals surface area contributed by atoms with Crippen LogP contribution in [0.1, 0.15) is 30.0 Å². The molecule has 1 amide bonds. The fourth-order valence-electron chi connectivity index (χ4n) is 3.48. The van der Waals surface area contributed by atoms with Crippen molar-refractivity contribution < 1.29 is 14.6 Å². The molecule has 1 aliphatic rings. The van der Waals surface area contributed by atoms with Gasteiger partial charge >= 0.3 is 0 Å². The molecule has 26 heavy (non-hydrogen) atoms. The molecular weight excluding hydrogens is 330 g/mol. The summed E-state index contributed by atoms with van der Waals surface area (Å²) in [6.45, 7) is 5.96. The molecule has 0 spiro atoms. The number of rotatable bonds is 4. The standard InChI is InChI=1S/C20H25N3O3/c1-20(2)14-22(19(25)16-8-6-7-15(13-24)21-16)11-12-23(20)17-9-4-5-10-18(17)26-3/h4-10,24H,11-14H2,1-3H3. The van der Waals surface area contributed by atoms with Gasteiger partial charge in [0.1, 0.15) is 11.4 Å². The lowest BCUT2D eigenvalue weighted by molar-refractivity contribution is 0.0679. The molecule has 2 heterocycles. The number of piperazine rings is 1. The molecule has 0 atom stereocenters. The zero-order chi connectivity index (χ0) is 18.7. The van der Waals surface area contributed by atoms with Gasteiger partial charge in [-0.15, -0.1) is 0 Å². The topological polar surface area (TPSA) is 65.9 Å². The van der Waals surface area contributed by atoms with E-state index in [2.05, 4.69) is 23.7 Å². The van der Waals surface area contributed by atoms with Crippen molar-refractivity contribution in [3.8, 4) is 5.75 Å². The highest BCUT2D eigenvalue weighted by molar-refractivity contribution is 5.92. The Balaban J connectivity index is 1.81. The number of para-hydroxylation sites is 2. The number of aromatic nitrogens is 1. The first kappa shape index (κ1) is 18.2. The lowest BCUT2D eigenvalue weighted by atomic mass is 9.97. The quantitative estimate of drug-likeness (QED) is 0.912. The second kappa shape index (κ2) is 7.33. The average molecular weight is 355 g/mol. The van der Waals surface area contributed by atoms with E-state index in [1.54, 1.807) is 25.3 Å². The monoisotopic (exact) mass is 355 g/mol. The summed E-state index contributed by atoms with van der Waals surface area (Å²) in [6, 6.07) is 13.1. The van der Waals surface area contributed by atoms with Crippen LogP contribution in [0.4, 0.5) is 5.69 Å². The van der Waals surface area contributed by atoms with Crippen LogP contribution in [0.2, 0.25) is 0 Å². The average Bonchev–Trinajstić information content (AvgIpc) is 2.66. The molecule has 2 aromatic rings. The molecule has 1 saturated heterocycles. The highest BCUT2D eigenvalue weighted by atomic mass is 16.5. The third-order valence-corrected chi connectivity index (χ3v) is 4.75. The molecule has 0 saturated carbocycles. The molecule has 1 aromatic heterocycles. The number of aliphatic hydroxyl groups is 1. The van der Waals surface area contributed by atoms with Crippen LogP contribution in [-0.2, 0) is 6.61 Å². The van der Waals surface area contributed by atoms with Crippen LogP contribution in [0.25, 0.3) is 0 Å². The summed E-state index contributed by atoms with van der Waals surface area (Å²) in [4.78, 5) is 21.2. The number of carbonyl (C=O) groups excluding carboxylic acids is 1. The van der Waals surface area contributed by atoms with Crippen LogP contribution >= 0.6 is 0 Å². The summed E-state index contributed by atoms with van der Waals surface area (Å²) in [5.41, 5.74) is 1.66. The van der Waals surface area contributed by atoms with Gasteiger partial charge < -0.3 is 19.6 Å². The molecule has 1 aliphatic heterocycles. The molecule has 6 nitrogen and oxygen atoms in total. The second-order valence-electron chi connectivity index (χ2n) is 7.03. The van der Waals surface area contributed by atoms with Crippen LogP contribution in [0.5, 0.6) is 5.75 Å². The summed E-state index contributed by atoms with van der Waals surface area (Å²) >= 11 is 0. The Morgan fingerprint density at radius 3 is 2.65 bits per heavy atom. The van der Waals surface area contributed by atoms with Crippen molar-refractivity contribution in [3.63, 3.8) is 0 Å². The van der Waals surface area contributed by atoms with Crippen LogP contribution in [-0.4, -0.2) is 53.2 Å². The van der Waals surface area contributed by atoms with Crippen molar-refractivity contribution in [2.24, 2.45) is 0 Å². The molecule has 0 radical (unpaired) electrons. The summed E-state index contributed by atoms with van der Waals surface area (Å²) < 4.78 is 5.51. The molecule has 1 fully saturated rings. The van der Waals surface area contributed by atoms with Crippen LogP contribution in [0.3, 0.4) is 0 Å². The molecule has 1 N–H and O–H groups in total. The minimum atomic E-state index is -0.253. The molecule has 1 aromatic carbocycles. The maximum Gasteiger partial charge on any atom is 0.272 e. The van der Waals surface area contributed by atoms with E-state index in [1.807, 2.05) is 29.2 Å². The molecule has 0 aliphatic carbocycles. The minimum Gasteiger partial charge on any atom is -0.495 e. The van der Waals surface area contributed by atoms with Gasteiger partial charge in [-0.05, 0) is 38.1 Å². The number of amides is 1. The zero-order valence-corrected chi connectivity index (χ0v) is 15.5. The Kier molecular flexibility index (Phi) is 5.13.